The molecule has 0 spiro atoms. The summed E-state index contributed by atoms with van der Waals surface area (Å²) in [5, 5.41) is 0.566. The number of rotatable bonds is 5. The minimum atomic E-state index is -0.368. The highest BCUT2D eigenvalue weighted by Crippen LogP contribution is 2.30. The summed E-state index contributed by atoms with van der Waals surface area (Å²) < 4.78 is 16.3. The molecule has 1 aliphatic rings. The summed E-state index contributed by atoms with van der Waals surface area (Å²) in [6.45, 7) is 0.686. The number of methoxy groups -OCH3 is 1. The molecule has 3 rings (SSSR count). The molecule has 0 aromatic heterocycles. The molecule has 1 heterocycles. The fourth-order valence-corrected chi connectivity index (χ4v) is 2.53. The van der Waals surface area contributed by atoms with Crippen LogP contribution in [0.15, 0.2) is 48.5 Å². The summed E-state index contributed by atoms with van der Waals surface area (Å²) in [7, 11) is 1.55. The van der Waals surface area contributed by atoms with Crippen molar-refractivity contribution in [3.63, 3.8) is 0 Å². The first-order valence-corrected chi connectivity index (χ1v) is 7.54. The largest absolute Gasteiger partial charge is 0.493 e. The Balaban J connectivity index is 1.63. The number of hydrogen-bond donors (Lipinski definition) is 0. The van der Waals surface area contributed by atoms with Crippen LogP contribution in [-0.2, 0) is 4.74 Å². The number of cyclic esters (lactones) is 1. The van der Waals surface area contributed by atoms with Gasteiger partial charge in [0, 0.05) is 16.8 Å². The van der Waals surface area contributed by atoms with Gasteiger partial charge in [-0.05, 0) is 24.3 Å². The molecular weight excluding hydrogens is 318 g/mol. The normalized spacial score (nSPS) is 17.0. The first kappa shape index (κ1) is 15.5. The van der Waals surface area contributed by atoms with E-state index in [-0.39, 0.29) is 18.8 Å². The molecule has 2 aromatic carbocycles. The van der Waals surface area contributed by atoms with Gasteiger partial charge in [-0.15, -0.1) is 0 Å². The van der Waals surface area contributed by atoms with E-state index < -0.39 is 0 Å². The second-order valence-electron chi connectivity index (χ2n) is 5.06. The molecule has 1 saturated heterocycles. The Morgan fingerprint density at radius 1 is 1.22 bits per heavy atom. The average Bonchev–Trinajstić information content (AvgIpc) is 2.95. The summed E-state index contributed by atoms with van der Waals surface area (Å²) in [6, 6.07) is 14.5. The van der Waals surface area contributed by atoms with E-state index in [1.54, 1.807) is 30.2 Å². The van der Waals surface area contributed by atoms with Crippen LogP contribution >= 0.6 is 11.6 Å². The van der Waals surface area contributed by atoms with Gasteiger partial charge < -0.3 is 14.2 Å². The van der Waals surface area contributed by atoms with E-state index in [0.717, 1.165) is 5.69 Å². The molecule has 0 bridgehead atoms. The highest BCUT2D eigenvalue weighted by atomic mass is 35.5. The molecule has 0 aliphatic carbocycles. The van der Waals surface area contributed by atoms with E-state index in [1.807, 2.05) is 30.3 Å². The number of carbonyl (C=O) groups excluding carboxylic acids is 1. The number of benzene rings is 2. The quantitative estimate of drug-likeness (QED) is 0.836. The maximum atomic E-state index is 12.0. The molecule has 120 valence electrons. The van der Waals surface area contributed by atoms with Crippen LogP contribution in [-0.4, -0.2) is 32.5 Å². The first-order chi connectivity index (χ1) is 11.2. The number of carbonyl (C=O) groups is 1. The van der Waals surface area contributed by atoms with Gasteiger partial charge >= 0.3 is 6.09 Å². The summed E-state index contributed by atoms with van der Waals surface area (Å²) in [6.07, 6.45) is -0.712. The first-order valence-electron chi connectivity index (χ1n) is 7.17. The van der Waals surface area contributed by atoms with Gasteiger partial charge in [-0.3, -0.25) is 4.90 Å². The van der Waals surface area contributed by atoms with Crippen LogP contribution in [0.5, 0.6) is 11.5 Å². The molecule has 1 unspecified atom stereocenters. The smallest absolute Gasteiger partial charge is 0.414 e. The number of ether oxygens (including phenoxy) is 3. The van der Waals surface area contributed by atoms with E-state index in [2.05, 4.69) is 0 Å². The highest BCUT2D eigenvalue weighted by Gasteiger charge is 2.32. The Kier molecular flexibility index (Phi) is 4.57. The van der Waals surface area contributed by atoms with E-state index in [4.69, 9.17) is 25.8 Å². The second-order valence-corrected chi connectivity index (χ2v) is 5.49. The van der Waals surface area contributed by atoms with E-state index in [0.29, 0.717) is 23.1 Å². The monoisotopic (exact) mass is 333 g/mol. The summed E-state index contributed by atoms with van der Waals surface area (Å²) in [4.78, 5) is 13.6. The number of hydrogen-bond acceptors (Lipinski definition) is 4. The fourth-order valence-electron chi connectivity index (χ4n) is 2.37. The zero-order valence-electron chi connectivity index (χ0n) is 12.6. The van der Waals surface area contributed by atoms with Crippen molar-refractivity contribution < 1.29 is 19.0 Å². The number of anilines is 1. The van der Waals surface area contributed by atoms with Gasteiger partial charge in [-0.1, -0.05) is 29.8 Å². The molecule has 5 nitrogen and oxygen atoms in total. The molecule has 1 aliphatic heterocycles. The van der Waals surface area contributed by atoms with Crippen LogP contribution in [0, 0.1) is 0 Å². The minimum absolute atomic E-state index is 0.243. The Morgan fingerprint density at radius 2 is 2.00 bits per heavy atom. The molecule has 0 N–H and O–H groups in total. The van der Waals surface area contributed by atoms with Crippen LogP contribution in [0.1, 0.15) is 0 Å². The van der Waals surface area contributed by atoms with Gasteiger partial charge in [0.2, 0.25) is 0 Å². The van der Waals surface area contributed by atoms with Crippen molar-refractivity contribution in [2.24, 2.45) is 0 Å². The van der Waals surface area contributed by atoms with Crippen molar-refractivity contribution >= 4 is 23.4 Å². The van der Waals surface area contributed by atoms with Crippen LogP contribution in [0.2, 0.25) is 5.02 Å². The molecule has 0 saturated carbocycles. The fraction of sp³-hybridized carbons (Fsp3) is 0.235. The third-order valence-electron chi connectivity index (χ3n) is 3.49. The predicted octanol–water partition coefficient (Wildman–Crippen LogP) is 3.75. The van der Waals surface area contributed by atoms with Crippen molar-refractivity contribution in [3.8, 4) is 11.5 Å². The minimum Gasteiger partial charge on any atom is -0.493 e. The Bertz CT molecular complexity index is 692. The average molecular weight is 334 g/mol. The number of para-hydroxylation sites is 1. The predicted molar refractivity (Wildman–Crippen MR) is 87.6 cm³/mol. The Labute approximate surface area is 139 Å². The van der Waals surface area contributed by atoms with Crippen LogP contribution in [0.3, 0.4) is 0 Å². The summed E-state index contributed by atoms with van der Waals surface area (Å²) >= 11 is 5.92. The van der Waals surface area contributed by atoms with E-state index >= 15 is 0 Å². The summed E-state index contributed by atoms with van der Waals surface area (Å²) in [5.74, 6) is 1.10. The lowest BCUT2D eigenvalue weighted by Gasteiger charge is -2.14. The number of amides is 1. The zero-order chi connectivity index (χ0) is 16.2. The van der Waals surface area contributed by atoms with Gasteiger partial charge in [0.05, 0.1) is 13.7 Å². The Morgan fingerprint density at radius 3 is 2.74 bits per heavy atom. The van der Waals surface area contributed by atoms with Gasteiger partial charge in [0.25, 0.3) is 0 Å². The van der Waals surface area contributed by atoms with Crippen molar-refractivity contribution in [3.05, 3.63) is 53.6 Å². The van der Waals surface area contributed by atoms with Crippen LogP contribution < -0.4 is 14.4 Å². The molecule has 2 aromatic rings. The lowest BCUT2D eigenvalue weighted by atomic mass is 10.3. The van der Waals surface area contributed by atoms with E-state index in [1.165, 1.54) is 0 Å². The van der Waals surface area contributed by atoms with Gasteiger partial charge in [-0.2, -0.15) is 0 Å². The highest BCUT2D eigenvalue weighted by molar-refractivity contribution is 6.30. The molecule has 1 amide bonds. The second kappa shape index (κ2) is 6.79. The SMILES string of the molecule is COc1cc(Cl)ccc1OCC1CN(c2ccccc2)C(=O)O1. The lowest BCUT2D eigenvalue weighted by Crippen LogP contribution is -2.26. The number of nitrogens with zero attached hydrogens (tertiary/aromatic N) is 1. The molecular formula is C17H16ClNO4. The lowest BCUT2D eigenvalue weighted by molar-refractivity contribution is 0.104. The van der Waals surface area contributed by atoms with Crippen molar-refractivity contribution in [2.45, 2.75) is 6.10 Å². The molecule has 0 radical (unpaired) electrons. The zero-order valence-corrected chi connectivity index (χ0v) is 13.3. The third kappa shape index (κ3) is 3.51. The van der Waals surface area contributed by atoms with E-state index in [9.17, 15) is 4.79 Å². The molecule has 23 heavy (non-hydrogen) atoms. The standard InChI is InChI=1S/C17H16ClNO4/c1-21-16-9-12(18)7-8-15(16)22-11-14-10-19(17(20)23-14)13-5-3-2-4-6-13/h2-9,14H,10-11H2,1H3. The molecule has 1 fully saturated rings. The molecule has 1 atom stereocenters. The van der Waals surface area contributed by atoms with Crippen LogP contribution in [0.4, 0.5) is 10.5 Å². The van der Waals surface area contributed by atoms with Crippen molar-refractivity contribution in [1.82, 2.24) is 0 Å². The van der Waals surface area contributed by atoms with Crippen molar-refractivity contribution in [2.75, 3.05) is 25.2 Å². The maximum absolute atomic E-state index is 12.0. The third-order valence-corrected chi connectivity index (χ3v) is 3.73. The van der Waals surface area contributed by atoms with Crippen molar-refractivity contribution in [1.29, 1.82) is 0 Å². The summed E-state index contributed by atoms with van der Waals surface area (Å²) in [5.41, 5.74) is 0.809. The Hall–Kier alpha value is -2.40. The molecule has 6 heteroatoms. The van der Waals surface area contributed by atoms with Gasteiger partial charge in [0.15, 0.2) is 17.6 Å². The maximum Gasteiger partial charge on any atom is 0.414 e. The van der Waals surface area contributed by atoms with Gasteiger partial charge in [-0.25, -0.2) is 4.79 Å². The number of halogens is 1. The van der Waals surface area contributed by atoms with Gasteiger partial charge in [0.1, 0.15) is 6.61 Å². The topological polar surface area (TPSA) is 48.0 Å². The van der Waals surface area contributed by atoms with Crippen LogP contribution in [0.25, 0.3) is 0 Å².